The van der Waals surface area contributed by atoms with Crippen molar-refractivity contribution in [3.05, 3.63) is 53.9 Å². The predicted molar refractivity (Wildman–Crippen MR) is 96.0 cm³/mol. The van der Waals surface area contributed by atoms with Crippen LogP contribution in [-0.2, 0) is 0 Å². The Kier molecular flexibility index (Phi) is 3.98. The van der Waals surface area contributed by atoms with Crippen molar-refractivity contribution in [1.82, 2.24) is 4.98 Å². The third-order valence-electron chi connectivity index (χ3n) is 3.32. The van der Waals surface area contributed by atoms with Crippen LogP contribution in [0.5, 0.6) is 0 Å². The second kappa shape index (κ2) is 6.07. The fourth-order valence-electron chi connectivity index (χ4n) is 2.13. The van der Waals surface area contributed by atoms with Crippen molar-refractivity contribution in [2.75, 3.05) is 30.0 Å². The van der Waals surface area contributed by atoms with Gasteiger partial charge in [0.2, 0.25) is 0 Å². The van der Waals surface area contributed by atoms with Crippen LogP contribution in [0.3, 0.4) is 0 Å². The van der Waals surface area contributed by atoms with E-state index in [4.69, 9.17) is 5.73 Å². The maximum absolute atomic E-state index is 5.82. The molecule has 3 N–H and O–H groups in total. The van der Waals surface area contributed by atoms with Gasteiger partial charge in [-0.2, -0.15) is 0 Å². The molecule has 0 unspecified atom stereocenters. The monoisotopic (exact) mass is 310 g/mol. The molecule has 112 valence electrons. The molecule has 0 aliphatic rings. The molecule has 0 spiro atoms. The molecule has 0 aliphatic heterocycles. The van der Waals surface area contributed by atoms with Gasteiger partial charge < -0.3 is 16.0 Å². The van der Waals surface area contributed by atoms with Crippen molar-refractivity contribution in [3.8, 4) is 11.3 Å². The molecule has 3 rings (SSSR count). The molecule has 0 bridgehead atoms. The summed E-state index contributed by atoms with van der Waals surface area (Å²) in [5.41, 5.74) is 10.7. The maximum atomic E-state index is 5.82. The van der Waals surface area contributed by atoms with Crippen molar-refractivity contribution < 1.29 is 0 Å². The smallest absolute Gasteiger partial charge is 0.187 e. The van der Waals surface area contributed by atoms with Gasteiger partial charge in [-0.3, -0.25) is 0 Å². The van der Waals surface area contributed by atoms with E-state index in [0.717, 1.165) is 27.8 Å². The Morgan fingerprint density at radius 3 is 2.55 bits per heavy atom. The van der Waals surface area contributed by atoms with E-state index in [1.54, 1.807) is 11.3 Å². The van der Waals surface area contributed by atoms with Crippen LogP contribution in [0.1, 0.15) is 0 Å². The summed E-state index contributed by atoms with van der Waals surface area (Å²) in [6.45, 7) is 0. The van der Waals surface area contributed by atoms with Gasteiger partial charge in [0.15, 0.2) is 5.13 Å². The van der Waals surface area contributed by atoms with Gasteiger partial charge in [0.05, 0.1) is 5.69 Å². The van der Waals surface area contributed by atoms with E-state index < -0.39 is 0 Å². The molecule has 5 heteroatoms. The first-order valence-corrected chi connectivity index (χ1v) is 7.85. The van der Waals surface area contributed by atoms with Gasteiger partial charge in [-0.25, -0.2) is 4.98 Å². The number of nitrogens with zero attached hydrogens (tertiary/aromatic N) is 2. The van der Waals surface area contributed by atoms with Crippen LogP contribution in [0.4, 0.5) is 22.2 Å². The maximum Gasteiger partial charge on any atom is 0.187 e. The second-order valence-electron chi connectivity index (χ2n) is 5.23. The van der Waals surface area contributed by atoms with E-state index in [-0.39, 0.29) is 0 Å². The lowest BCUT2D eigenvalue weighted by Gasteiger charge is -2.12. The molecule has 0 saturated carbocycles. The number of nitrogens with one attached hydrogen (secondary N) is 1. The number of rotatable bonds is 4. The Bertz CT molecular complexity index is 762. The summed E-state index contributed by atoms with van der Waals surface area (Å²) < 4.78 is 0. The minimum absolute atomic E-state index is 0.749. The van der Waals surface area contributed by atoms with Crippen LogP contribution in [-0.4, -0.2) is 19.1 Å². The lowest BCUT2D eigenvalue weighted by atomic mass is 10.1. The van der Waals surface area contributed by atoms with E-state index in [9.17, 15) is 0 Å². The quantitative estimate of drug-likeness (QED) is 0.709. The lowest BCUT2D eigenvalue weighted by molar-refractivity contribution is 1.13. The molecule has 0 saturated heterocycles. The Balaban J connectivity index is 1.77. The number of nitrogens with two attached hydrogens (primary N) is 1. The van der Waals surface area contributed by atoms with Gasteiger partial charge in [0, 0.05) is 42.1 Å². The number of aromatic nitrogens is 1. The van der Waals surface area contributed by atoms with Crippen molar-refractivity contribution in [2.24, 2.45) is 0 Å². The number of hydrogen-bond donors (Lipinski definition) is 2. The zero-order chi connectivity index (χ0) is 15.5. The minimum atomic E-state index is 0.749. The molecular weight excluding hydrogens is 292 g/mol. The summed E-state index contributed by atoms with van der Waals surface area (Å²) >= 11 is 1.58. The molecule has 0 aliphatic carbocycles. The number of nitrogen functional groups attached to an aromatic ring is 1. The molecule has 22 heavy (non-hydrogen) atoms. The van der Waals surface area contributed by atoms with Crippen molar-refractivity contribution >= 4 is 33.5 Å². The molecule has 0 radical (unpaired) electrons. The summed E-state index contributed by atoms with van der Waals surface area (Å²) in [6, 6.07) is 16.0. The van der Waals surface area contributed by atoms with E-state index in [1.165, 1.54) is 5.69 Å². The van der Waals surface area contributed by atoms with Crippen LogP contribution in [0.15, 0.2) is 53.9 Å². The van der Waals surface area contributed by atoms with E-state index in [2.05, 4.69) is 39.5 Å². The molecular formula is C17H18N4S. The third-order valence-corrected chi connectivity index (χ3v) is 4.08. The predicted octanol–water partition coefficient (Wildman–Crippen LogP) is 4.20. The van der Waals surface area contributed by atoms with Crippen LogP contribution >= 0.6 is 11.3 Å². The summed E-state index contributed by atoms with van der Waals surface area (Å²) in [4.78, 5) is 6.69. The van der Waals surface area contributed by atoms with Crippen LogP contribution in [0.2, 0.25) is 0 Å². The zero-order valence-electron chi connectivity index (χ0n) is 12.6. The number of benzene rings is 2. The normalized spacial score (nSPS) is 10.5. The Morgan fingerprint density at radius 2 is 1.86 bits per heavy atom. The van der Waals surface area contributed by atoms with Crippen molar-refractivity contribution in [3.63, 3.8) is 0 Å². The summed E-state index contributed by atoms with van der Waals surface area (Å²) in [6.07, 6.45) is 0. The first-order valence-electron chi connectivity index (χ1n) is 6.98. The highest BCUT2D eigenvalue weighted by atomic mass is 32.1. The Labute approximate surface area is 134 Å². The van der Waals surface area contributed by atoms with Crippen LogP contribution in [0, 0.1) is 0 Å². The molecule has 3 aromatic rings. The highest BCUT2D eigenvalue weighted by Crippen LogP contribution is 2.28. The Morgan fingerprint density at radius 1 is 1.09 bits per heavy atom. The van der Waals surface area contributed by atoms with Gasteiger partial charge >= 0.3 is 0 Å². The highest BCUT2D eigenvalue weighted by Gasteiger charge is 2.05. The average Bonchev–Trinajstić information content (AvgIpc) is 2.96. The van der Waals surface area contributed by atoms with Crippen LogP contribution in [0.25, 0.3) is 11.3 Å². The second-order valence-corrected chi connectivity index (χ2v) is 6.09. The first kappa shape index (κ1) is 14.4. The molecule has 0 fully saturated rings. The molecule has 4 nitrogen and oxygen atoms in total. The largest absolute Gasteiger partial charge is 0.399 e. The zero-order valence-corrected chi connectivity index (χ0v) is 13.4. The first-order chi connectivity index (χ1) is 10.6. The lowest BCUT2D eigenvalue weighted by Crippen LogP contribution is -2.08. The summed E-state index contributed by atoms with van der Waals surface area (Å²) in [7, 11) is 4.06. The highest BCUT2D eigenvalue weighted by molar-refractivity contribution is 7.14. The molecule has 1 aromatic heterocycles. The molecule has 2 aromatic carbocycles. The fourth-order valence-corrected chi connectivity index (χ4v) is 2.87. The van der Waals surface area contributed by atoms with Gasteiger partial charge in [0.1, 0.15) is 0 Å². The number of thiazole rings is 1. The van der Waals surface area contributed by atoms with E-state index in [0.29, 0.717) is 0 Å². The standard InChI is InChI=1S/C17H18N4S/c1-21(2)15-8-6-14(7-9-15)19-17-20-16(11-22-17)12-4-3-5-13(18)10-12/h3-11H,18H2,1-2H3,(H,19,20). The minimum Gasteiger partial charge on any atom is -0.399 e. The Hall–Kier alpha value is -2.53. The van der Waals surface area contributed by atoms with Crippen molar-refractivity contribution in [1.29, 1.82) is 0 Å². The van der Waals surface area contributed by atoms with Gasteiger partial charge in [-0.15, -0.1) is 11.3 Å². The SMILES string of the molecule is CN(C)c1ccc(Nc2nc(-c3cccc(N)c3)cs2)cc1. The number of hydrogen-bond acceptors (Lipinski definition) is 5. The molecule has 0 atom stereocenters. The van der Waals surface area contributed by atoms with Gasteiger partial charge in [0.25, 0.3) is 0 Å². The van der Waals surface area contributed by atoms with E-state index in [1.807, 2.05) is 43.7 Å². The van der Waals surface area contributed by atoms with Crippen molar-refractivity contribution in [2.45, 2.75) is 0 Å². The summed E-state index contributed by atoms with van der Waals surface area (Å²) in [5, 5.41) is 6.24. The van der Waals surface area contributed by atoms with Gasteiger partial charge in [-0.05, 0) is 36.4 Å². The molecule has 1 heterocycles. The van der Waals surface area contributed by atoms with Crippen LogP contribution < -0.4 is 16.0 Å². The molecule has 0 amide bonds. The van der Waals surface area contributed by atoms with Gasteiger partial charge in [-0.1, -0.05) is 12.1 Å². The van der Waals surface area contributed by atoms with E-state index >= 15 is 0 Å². The average molecular weight is 310 g/mol. The fraction of sp³-hybridized carbons (Fsp3) is 0.118. The third kappa shape index (κ3) is 3.20. The number of anilines is 4. The summed E-state index contributed by atoms with van der Waals surface area (Å²) in [5.74, 6) is 0. The topological polar surface area (TPSA) is 54.2 Å².